The van der Waals surface area contributed by atoms with E-state index in [2.05, 4.69) is 5.10 Å². The quantitative estimate of drug-likeness (QED) is 0.554. The van der Waals surface area contributed by atoms with Crippen LogP contribution in [0, 0.1) is 5.21 Å². The molecule has 0 aliphatic rings. The Morgan fingerprint density at radius 3 is 2.36 bits per heavy atom. The van der Waals surface area contributed by atoms with Crippen LogP contribution in [-0.4, -0.2) is 9.90 Å². The van der Waals surface area contributed by atoms with Gasteiger partial charge in [0.25, 0.3) is 0 Å². The lowest BCUT2D eigenvalue weighted by Crippen LogP contribution is -2.36. The Labute approximate surface area is 89.8 Å². The molecule has 0 radical (unpaired) electrons. The maximum absolute atomic E-state index is 11.2. The summed E-state index contributed by atoms with van der Waals surface area (Å²) >= 11 is 11.6. The van der Waals surface area contributed by atoms with Crippen LogP contribution in [0.15, 0.2) is 30.6 Å². The molecular weight excluding hydrogens is 225 g/mol. The van der Waals surface area contributed by atoms with E-state index in [1.54, 1.807) is 18.2 Å². The molecule has 14 heavy (non-hydrogen) atoms. The van der Waals surface area contributed by atoms with Crippen LogP contribution in [0.2, 0.25) is 10.0 Å². The predicted octanol–water partition coefficient (Wildman–Crippen LogP) is 1.81. The minimum absolute atomic E-state index is 0.461. The zero-order valence-corrected chi connectivity index (χ0v) is 8.40. The lowest BCUT2D eigenvalue weighted by Gasteiger charge is -2.03. The smallest absolute Gasteiger partial charge is 0.207 e. The van der Waals surface area contributed by atoms with Crippen LogP contribution in [0.5, 0.6) is 0 Å². The lowest BCUT2D eigenvalue weighted by atomic mass is 10.3. The van der Waals surface area contributed by atoms with Crippen LogP contribution >= 0.6 is 23.2 Å². The van der Waals surface area contributed by atoms with Crippen molar-refractivity contribution in [2.75, 3.05) is 0 Å². The van der Waals surface area contributed by atoms with Crippen molar-refractivity contribution in [3.63, 3.8) is 0 Å². The lowest BCUT2D eigenvalue weighted by molar-refractivity contribution is -0.688. The van der Waals surface area contributed by atoms with Gasteiger partial charge in [0.1, 0.15) is 5.69 Å². The molecule has 0 saturated carbocycles. The minimum atomic E-state index is 0.461. The normalized spacial score (nSPS) is 10.4. The molecule has 72 valence electrons. The SMILES string of the molecule is [O-][n+]1ccnn1-c1cc(Cl)cc(Cl)c1. The molecule has 0 saturated heterocycles. The van der Waals surface area contributed by atoms with E-state index in [-0.39, 0.29) is 0 Å². The molecule has 1 aromatic carbocycles. The van der Waals surface area contributed by atoms with Gasteiger partial charge in [-0.1, -0.05) is 23.2 Å². The molecular formula is C8H5Cl2N3O. The summed E-state index contributed by atoms with van der Waals surface area (Å²) in [7, 11) is 0. The molecule has 0 spiro atoms. The maximum atomic E-state index is 11.2. The number of halogens is 2. The monoisotopic (exact) mass is 229 g/mol. The zero-order valence-electron chi connectivity index (χ0n) is 6.89. The standard InChI is InChI=1S/C8H5Cl2N3O/c9-6-3-7(10)5-8(4-6)13-11-1-2-12(13)14/h1-5H. The van der Waals surface area contributed by atoms with Gasteiger partial charge < -0.3 is 5.21 Å². The molecule has 0 atom stereocenters. The Hall–Kier alpha value is -1.26. The maximum Gasteiger partial charge on any atom is 0.207 e. The van der Waals surface area contributed by atoms with Gasteiger partial charge in [-0.15, -0.1) is 0 Å². The second-order valence-electron chi connectivity index (χ2n) is 2.63. The van der Waals surface area contributed by atoms with E-state index < -0.39 is 0 Å². The number of benzene rings is 1. The Morgan fingerprint density at radius 2 is 1.86 bits per heavy atom. The molecule has 6 heteroatoms. The predicted molar refractivity (Wildman–Crippen MR) is 52.5 cm³/mol. The summed E-state index contributed by atoms with van der Waals surface area (Å²) in [5, 5.41) is 15.9. The van der Waals surface area contributed by atoms with Crippen molar-refractivity contribution in [1.82, 2.24) is 9.90 Å². The Morgan fingerprint density at radius 1 is 1.21 bits per heavy atom. The van der Waals surface area contributed by atoms with E-state index >= 15 is 0 Å². The van der Waals surface area contributed by atoms with Gasteiger partial charge in [0.2, 0.25) is 6.20 Å². The first-order valence-electron chi connectivity index (χ1n) is 3.77. The largest absolute Gasteiger partial charge is 0.692 e. The summed E-state index contributed by atoms with van der Waals surface area (Å²) in [6.07, 6.45) is 2.68. The van der Waals surface area contributed by atoms with Crippen molar-refractivity contribution in [2.45, 2.75) is 0 Å². The summed E-state index contributed by atoms with van der Waals surface area (Å²) in [4.78, 5) is 1.74. The second-order valence-corrected chi connectivity index (χ2v) is 3.51. The first kappa shape index (κ1) is 9.30. The molecule has 0 amide bonds. The van der Waals surface area contributed by atoms with Crippen molar-refractivity contribution in [3.05, 3.63) is 45.8 Å². The highest BCUT2D eigenvalue weighted by Crippen LogP contribution is 2.20. The highest BCUT2D eigenvalue weighted by atomic mass is 35.5. The highest BCUT2D eigenvalue weighted by Gasteiger charge is 2.07. The van der Waals surface area contributed by atoms with Gasteiger partial charge in [-0.3, -0.25) is 0 Å². The van der Waals surface area contributed by atoms with Crippen molar-refractivity contribution in [3.8, 4) is 5.69 Å². The van der Waals surface area contributed by atoms with Crippen molar-refractivity contribution in [2.24, 2.45) is 0 Å². The Bertz CT molecular complexity index is 449. The van der Waals surface area contributed by atoms with Crippen LogP contribution in [-0.2, 0) is 0 Å². The van der Waals surface area contributed by atoms with Crippen molar-refractivity contribution < 1.29 is 4.85 Å². The van der Waals surface area contributed by atoms with Crippen LogP contribution < -0.4 is 4.85 Å². The van der Waals surface area contributed by atoms with Crippen LogP contribution in [0.4, 0.5) is 0 Å². The van der Waals surface area contributed by atoms with Gasteiger partial charge in [0.05, 0.1) is 0 Å². The average molecular weight is 230 g/mol. The first-order valence-corrected chi connectivity index (χ1v) is 4.52. The van der Waals surface area contributed by atoms with Gasteiger partial charge in [-0.2, -0.15) is 4.85 Å². The molecule has 2 aromatic rings. The molecule has 1 heterocycles. The molecule has 0 N–H and O–H groups in total. The molecule has 0 fully saturated rings. The third-order valence-corrected chi connectivity index (χ3v) is 2.07. The fourth-order valence-electron chi connectivity index (χ4n) is 1.10. The third kappa shape index (κ3) is 1.66. The summed E-state index contributed by atoms with van der Waals surface area (Å²) in [5.41, 5.74) is 0.530. The third-order valence-electron chi connectivity index (χ3n) is 1.64. The summed E-state index contributed by atoms with van der Waals surface area (Å²) in [6.45, 7) is 0. The van der Waals surface area contributed by atoms with Crippen LogP contribution in [0.3, 0.4) is 0 Å². The Balaban J connectivity index is 2.57. The molecule has 4 nitrogen and oxygen atoms in total. The number of hydrogen-bond acceptors (Lipinski definition) is 2. The van der Waals surface area contributed by atoms with E-state index in [4.69, 9.17) is 23.2 Å². The number of rotatable bonds is 1. The van der Waals surface area contributed by atoms with Gasteiger partial charge in [-0.25, -0.2) is 0 Å². The van der Waals surface area contributed by atoms with E-state index in [0.717, 1.165) is 4.80 Å². The van der Waals surface area contributed by atoms with Gasteiger partial charge >= 0.3 is 0 Å². The van der Waals surface area contributed by atoms with Gasteiger partial charge in [0, 0.05) is 15.1 Å². The molecule has 0 unspecified atom stereocenters. The molecule has 1 aromatic heterocycles. The van der Waals surface area contributed by atoms with Crippen molar-refractivity contribution in [1.29, 1.82) is 0 Å². The molecule has 2 rings (SSSR count). The fourth-order valence-corrected chi connectivity index (χ4v) is 1.61. The fraction of sp³-hybridized carbons (Fsp3) is 0. The Kier molecular flexibility index (Phi) is 2.31. The minimum Gasteiger partial charge on any atom is -0.692 e. The topological polar surface area (TPSA) is 44.8 Å². The molecule has 0 aliphatic heterocycles. The van der Waals surface area contributed by atoms with Crippen molar-refractivity contribution >= 4 is 23.2 Å². The van der Waals surface area contributed by atoms with E-state index in [0.29, 0.717) is 20.6 Å². The highest BCUT2D eigenvalue weighted by molar-refractivity contribution is 6.34. The summed E-state index contributed by atoms with van der Waals surface area (Å²) in [5.74, 6) is 0. The van der Waals surface area contributed by atoms with Crippen LogP contribution in [0.25, 0.3) is 5.69 Å². The number of hydrogen-bond donors (Lipinski definition) is 0. The van der Waals surface area contributed by atoms with E-state index in [9.17, 15) is 5.21 Å². The van der Waals surface area contributed by atoms with E-state index in [1.807, 2.05) is 0 Å². The molecule has 0 bridgehead atoms. The number of aromatic nitrogens is 3. The average Bonchev–Trinajstić information content (AvgIpc) is 2.49. The first-order chi connectivity index (χ1) is 6.66. The summed E-state index contributed by atoms with van der Waals surface area (Å²) < 4.78 is 0. The molecule has 0 aliphatic carbocycles. The second kappa shape index (κ2) is 3.48. The van der Waals surface area contributed by atoms with Gasteiger partial charge in [-0.05, 0) is 23.0 Å². The van der Waals surface area contributed by atoms with Crippen LogP contribution in [0.1, 0.15) is 0 Å². The van der Waals surface area contributed by atoms with E-state index in [1.165, 1.54) is 12.4 Å². The van der Waals surface area contributed by atoms with Gasteiger partial charge in [0.15, 0.2) is 6.20 Å². The number of nitrogens with zero attached hydrogens (tertiary/aromatic N) is 3. The zero-order chi connectivity index (χ0) is 10.1. The summed E-state index contributed by atoms with van der Waals surface area (Å²) in [6, 6.07) is 4.80.